The van der Waals surface area contributed by atoms with Crippen LogP contribution in [0.1, 0.15) is 33.9 Å². The maximum absolute atomic E-state index is 12.3. The van der Waals surface area contributed by atoms with Crippen LogP contribution in [0.5, 0.6) is 0 Å². The minimum absolute atomic E-state index is 0.0495. The van der Waals surface area contributed by atoms with Crippen molar-refractivity contribution in [2.45, 2.75) is 32.7 Å². The van der Waals surface area contributed by atoms with Crippen molar-refractivity contribution in [2.24, 2.45) is 0 Å². The summed E-state index contributed by atoms with van der Waals surface area (Å²) in [6, 6.07) is 7.71. The van der Waals surface area contributed by atoms with E-state index in [-0.39, 0.29) is 5.91 Å². The fraction of sp³-hybridized carbons (Fsp3) is 0.294. The predicted octanol–water partition coefficient (Wildman–Crippen LogP) is 3.55. The fourth-order valence-corrected chi connectivity index (χ4v) is 3.67. The van der Waals surface area contributed by atoms with E-state index in [0.29, 0.717) is 26.6 Å². The summed E-state index contributed by atoms with van der Waals surface area (Å²) in [5.41, 5.74) is 3.15. The van der Waals surface area contributed by atoms with Crippen LogP contribution in [0.25, 0.3) is 16.4 Å². The maximum atomic E-state index is 12.3. The molecule has 0 atom stereocenters. The smallest absolute Gasteiger partial charge is 0.263 e. The van der Waals surface area contributed by atoms with Crippen LogP contribution in [0.2, 0.25) is 5.02 Å². The molecule has 4 rings (SSSR count). The molecule has 0 spiro atoms. The number of aryl methyl sites for hydroxylation is 1. The van der Waals surface area contributed by atoms with Crippen molar-refractivity contribution in [3.05, 3.63) is 45.6 Å². The molecule has 25 heavy (non-hydrogen) atoms. The number of nitrogens with zero attached hydrogens (tertiary/aromatic N) is 4. The van der Waals surface area contributed by atoms with Crippen LogP contribution in [-0.4, -0.2) is 31.9 Å². The first-order chi connectivity index (χ1) is 12.0. The highest BCUT2D eigenvalue weighted by atomic mass is 35.5. The predicted molar refractivity (Wildman–Crippen MR) is 97.4 cm³/mol. The first-order valence-electron chi connectivity index (χ1n) is 8.00. The van der Waals surface area contributed by atoms with E-state index < -0.39 is 0 Å². The average molecular weight is 374 g/mol. The minimum Gasteiger partial charge on any atom is -0.349 e. The molecule has 0 bridgehead atoms. The number of hydrogen-bond acceptors (Lipinski definition) is 5. The molecule has 128 valence electrons. The second kappa shape index (κ2) is 6.24. The van der Waals surface area contributed by atoms with Crippen LogP contribution >= 0.6 is 22.9 Å². The Morgan fingerprint density at radius 1 is 1.28 bits per heavy atom. The quantitative estimate of drug-likeness (QED) is 0.759. The highest BCUT2D eigenvalue weighted by Gasteiger charge is 2.26. The second-order valence-corrected chi connectivity index (χ2v) is 7.53. The molecule has 1 aliphatic rings. The summed E-state index contributed by atoms with van der Waals surface area (Å²) in [5.74, 6) is -0.0495. The summed E-state index contributed by atoms with van der Waals surface area (Å²) in [7, 11) is 0. The zero-order valence-electron chi connectivity index (χ0n) is 13.8. The Morgan fingerprint density at radius 3 is 2.68 bits per heavy atom. The molecular formula is C17H16ClN5OS. The van der Waals surface area contributed by atoms with Gasteiger partial charge in [0.05, 0.1) is 17.1 Å². The molecule has 1 aliphatic carbocycles. The van der Waals surface area contributed by atoms with Crippen LogP contribution in [-0.2, 0) is 0 Å². The van der Waals surface area contributed by atoms with Crippen molar-refractivity contribution in [3.8, 4) is 16.4 Å². The van der Waals surface area contributed by atoms with Crippen molar-refractivity contribution in [1.82, 2.24) is 25.3 Å². The number of rotatable bonds is 4. The second-order valence-electron chi connectivity index (χ2n) is 6.09. The monoisotopic (exact) mass is 373 g/mol. The van der Waals surface area contributed by atoms with Gasteiger partial charge in [0.1, 0.15) is 15.6 Å². The molecule has 1 saturated carbocycles. The molecule has 0 radical (unpaired) electrons. The number of aromatic nitrogens is 4. The van der Waals surface area contributed by atoms with Crippen molar-refractivity contribution >= 4 is 28.8 Å². The van der Waals surface area contributed by atoms with E-state index in [1.165, 1.54) is 11.3 Å². The van der Waals surface area contributed by atoms with Gasteiger partial charge in [0, 0.05) is 11.1 Å². The Balaban J connectivity index is 1.66. The summed E-state index contributed by atoms with van der Waals surface area (Å²) in [6.45, 7) is 3.78. The highest BCUT2D eigenvalue weighted by Crippen LogP contribution is 2.30. The Bertz CT molecular complexity index is 943. The number of hydrogen-bond donors (Lipinski definition) is 1. The van der Waals surface area contributed by atoms with Gasteiger partial charge in [-0.2, -0.15) is 0 Å². The summed E-state index contributed by atoms with van der Waals surface area (Å²) >= 11 is 7.29. The van der Waals surface area contributed by atoms with E-state index >= 15 is 0 Å². The van der Waals surface area contributed by atoms with E-state index in [4.69, 9.17) is 11.6 Å². The fourth-order valence-electron chi connectivity index (χ4n) is 2.54. The SMILES string of the molecule is Cc1nc(-c2nnn(-c3ccc(Cl)cc3)c2C)sc1C(=O)NC1CC1. The van der Waals surface area contributed by atoms with Crippen LogP contribution in [0.15, 0.2) is 24.3 Å². The number of amides is 1. The standard InChI is InChI=1S/C17H16ClN5OS/c1-9-15(16(24)20-12-5-6-12)25-17(19-9)14-10(2)23(22-21-14)13-7-3-11(18)4-8-13/h3-4,7-8,12H,5-6H2,1-2H3,(H,20,24). The minimum atomic E-state index is -0.0495. The first kappa shape index (κ1) is 16.2. The number of halogens is 1. The zero-order valence-corrected chi connectivity index (χ0v) is 15.4. The third-order valence-electron chi connectivity index (χ3n) is 4.08. The molecule has 3 aromatic rings. The number of carbonyl (C=O) groups excluding carboxylic acids is 1. The Kier molecular flexibility index (Phi) is 4.05. The Morgan fingerprint density at radius 2 is 2.00 bits per heavy atom. The van der Waals surface area contributed by atoms with Crippen LogP contribution < -0.4 is 5.32 Å². The molecule has 1 fully saturated rings. The molecule has 1 aromatic carbocycles. The lowest BCUT2D eigenvalue weighted by Gasteiger charge is -2.03. The van der Waals surface area contributed by atoms with Crippen molar-refractivity contribution in [2.75, 3.05) is 0 Å². The number of carbonyl (C=O) groups is 1. The van der Waals surface area contributed by atoms with Gasteiger partial charge in [0.15, 0.2) is 0 Å². The molecule has 6 nitrogen and oxygen atoms in total. The zero-order chi connectivity index (χ0) is 17.6. The number of benzene rings is 1. The number of thiazole rings is 1. The van der Waals surface area contributed by atoms with Gasteiger partial charge in [0.25, 0.3) is 5.91 Å². The Hall–Kier alpha value is -2.25. The van der Waals surface area contributed by atoms with E-state index in [0.717, 1.165) is 29.9 Å². The molecule has 1 N–H and O–H groups in total. The van der Waals surface area contributed by atoms with Crippen LogP contribution in [0.3, 0.4) is 0 Å². The summed E-state index contributed by atoms with van der Waals surface area (Å²) in [5, 5.41) is 12.9. The highest BCUT2D eigenvalue weighted by molar-refractivity contribution is 7.17. The lowest BCUT2D eigenvalue weighted by Crippen LogP contribution is -2.25. The third kappa shape index (κ3) is 3.17. The topological polar surface area (TPSA) is 72.7 Å². The van der Waals surface area contributed by atoms with Gasteiger partial charge in [-0.25, -0.2) is 9.67 Å². The van der Waals surface area contributed by atoms with Crippen molar-refractivity contribution < 1.29 is 4.79 Å². The summed E-state index contributed by atoms with van der Waals surface area (Å²) in [6.07, 6.45) is 2.12. The van der Waals surface area contributed by atoms with Gasteiger partial charge in [-0.05, 0) is 51.0 Å². The number of nitrogens with one attached hydrogen (secondary N) is 1. The molecule has 1 amide bonds. The van der Waals surface area contributed by atoms with Gasteiger partial charge in [-0.1, -0.05) is 16.8 Å². The molecule has 2 heterocycles. The van der Waals surface area contributed by atoms with Gasteiger partial charge < -0.3 is 5.32 Å². The first-order valence-corrected chi connectivity index (χ1v) is 9.19. The van der Waals surface area contributed by atoms with Gasteiger partial charge >= 0.3 is 0 Å². The summed E-state index contributed by atoms with van der Waals surface area (Å²) < 4.78 is 1.74. The molecular weight excluding hydrogens is 358 g/mol. The van der Waals surface area contributed by atoms with Crippen molar-refractivity contribution in [1.29, 1.82) is 0 Å². The summed E-state index contributed by atoms with van der Waals surface area (Å²) in [4.78, 5) is 17.5. The maximum Gasteiger partial charge on any atom is 0.263 e. The average Bonchev–Trinajstić information content (AvgIpc) is 3.19. The molecule has 8 heteroatoms. The van der Waals surface area contributed by atoms with Gasteiger partial charge in [0.2, 0.25) is 0 Å². The lowest BCUT2D eigenvalue weighted by molar-refractivity contribution is 0.0954. The van der Waals surface area contributed by atoms with E-state index in [9.17, 15) is 4.79 Å². The lowest BCUT2D eigenvalue weighted by atomic mass is 10.3. The van der Waals surface area contributed by atoms with Crippen LogP contribution in [0, 0.1) is 13.8 Å². The molecule has 0 saturated heterocycles. The molecule has 0 aliphatic heterocycles. The van der Waals surface area contributed by atoms with Crippen LogP contribution in [0.4, 0.5) is 0 Å². The molecule has 0 unspecified atom stereocenters. The largest absolute Gasteiger partial charge is 0.349 e. The Labute approximate surface area is 153 Å². The van der Waals surface area contributed by atoms with Gasteiger partial charge in [-0.15, -0.1) is 16.4 Å². The molecule has 2 aromatic heterocycles. The van der Waals surface area contributed by atoms with E-state index in [1.807, 2.05) is 38.1 Å². The normalized spacial score (nSPS) is 13.9. The van der Waals surface area contributed by atoms with E-state index in [2.05, 4.69) is 20.6 Å². The van der Waals surface area contributed by atoms with Gasteiger partial charge in [-0.3, -0.25) is 4.79 Å². The van der Waals surface area contributed by atoms with E-state index in [1.54, 1.807) is 4.68 Å². The third-order valence-corrected chi connectivity index (χ3v) is 5.50. The van der Waals surface area contributed by atoms with Crippen molar-refractivity contribution in [3.63, 3.8) is 0 Å².